The Bertz CT molecular complexity index is 960. The summed E-state index contributed by atoms with van der Waals surface area (Å²) < 4.78 is 4.97. The van der Waals surface area contributed by atoms with Crippen LogP contribution >= 0.6 is 0 Å². The third-order valence-corrected chi connectivity index (χ3v) is 6.19. The van der Waals surface area contributed by atoms with Crippen LogP contribution in [0.1, 0.15) is 37.5 Å². The minimum absolute atomic E-state index is 0.00649. The minimum atomic E-state index is -0.332. The van der Waals surface area contributed by atoms with E-state index in [1.165, 1.54) is 5.56 Å². The Kier molecular flexibility index (Phi) is 6.06. The minimum Gasteiger partial charge on any atom is -0.360 e. The molecule has 8 heteroatoms. The number of benzene rings is 1. The first-order valence-corrected chi connectivity index (χ1v) is 10.9. The molecule has 0 aliphatic carbocycles. The highest BCUT2D eigenvalue weighted by Gasteiger charge is 2.38. The van der Waals surface area contributed by atoms with Crippen LogP contribution in [0.3, 0.4) is 0 Å². The number of likely N-dealkylation sites (tertiary alicyclic amines) is 1. The Balaban J connectivity index is 1.30. The van der Waals surface area contributed by atoms with Gasteiger partial charge in [-0.2, -0.15) is 0 Å². The second-order valence-corrected chi connectivity index (χ2v) is 8.34. The summed E-state index contributed by atoms with van der Waals surface area (Å²) in [6.45, 7) is 5.30. The van der Waals surface area contributed by atoms with Gasteiger partial charge in [0, 0.05) is 43.7 Å². The van der Waals surface area contributed by atoms with E-state index >= 15 is 0 Å². The molecule has 4 rings (SSSR count). The quantitative estimate of drug-likeness (QED) is 0.796. The topological polar surface area (TPSA) is 95.8 Å². The van der Waals surface area contributed by atoms with Gasteiger partial charge in [0.05, 0.1) is 5.92 Å². The molecule has 2 aromatic rings. The molecule has 2 fully saturated rings. The molecule has 3 amide bonds. The number of amides is 3. The van der Waals surface area contributed by atoms with Crippen LogP contribution in [0.15, 0.2) is 34.9 Å². The lowest BCUT2D eigenvalue weighted by Gasteiger charge is -2.32. The van der Waals surface area contributed by atoms with Gasteiger partial charge in [0.1, 0.15) is 5.76 Å². The van der Waals surface area contributed by atoms with Gasteiger partial charge in [-0.25, -0.2) is 0 Å². The first kappa shape index (κ1) is 21.1. The zero-order valence-corrected chi connectivity index (χ0v) is 18.0. The van der Waals surface area contributed by atoms with Crippen LogP contribution in [0.5, 0.6) is 0 Å². The average Bonchev–Trinajstić information content (AvgIpc) is 3.38. The standard InChI is InChI=1S/C23H28N4O4/c1-3-16-4-6-19(7-5-16)27-14-18(13-21(27)28)23(30)26-10-8-17(9-11-26)22(29)24-20-12-15(2)31-25-20/h4-7,12,17-18H,3,8-11,13-14H2,1-2H3,(H,24,25,29). The molecule has 0 radical (unpaired) electrons. The summed E-state index contributed by atoms with van der Waals surface area (Å²) in [5.41, 5.74) is 2.06. The van der Waals surface area contributed by atoms with Crippen molar-refractivity contribution in [3.8, 4) is 0 Å². The highest BCUT2D eigenvalue weighted by molar-refractivity contribution is 6.00. The van der Waals surface area contributed by atoms with E-state index in [2.05, 4.69) is 17.4 Å². The summed E-state index contributed by atoms with van der Waals surface area (Å²) in [5.74, 6) is 0.446. The van der Waals surface area contributed by atoms with Crippen molar-refractivity contribution in [3.05, 3.63) is 41.7 Å². The van der Waals surface area contributed by atoms with Crippen molar-refractivity contribution >= 4 is 29.2 Å². The molecule has 0 bridgehead atoms. The van der Waals surface area contributed by atoms with Crippen molar-refractivity contribution < 1.29 is 18.9 Å². The number of anilines is 2. The first-order chi connectivity index (χ1) is 14.9. The molecule has 3 heterocycles. The Morgan fingerprint density at radius 1 is 1.16 bits per heavy atom. The van der Waals surface area contributed by atoms with E-state index in [4.69, 9.17) is 4.52 Å². The van der Waals surface area contributed by atoms with E-state index < -0.39 is 0 Å². The summed E-state index contributed by atoms with van der Waals surface area (Å²) in [6, 6.07) is 9.62. The van der Waals surface area contributed by atoms with Crippen LogP contribution in [0.4, 0.5) is 11.5 Å². The number of piperidine rings is 1. The van der Waals surface area contributed by atoms with Gasteiger partial charge >= 0.3 is 0 Å². The molecule has 1 N–H and O–H groups in total. The highest BCUT2D eigenvalue weighted by atomic mass is 16.5. The first-order valence-electron chi connectivity index (χ1n) is 10.9. The molecule has 0 spiro atoms. The third kappa shape index (κ3) is 4.62. The maximum absolute atomic E-state index is 13.0. The third-order valence-electron chi connectivity index (χ3n) is 6.19. The SMILES string of the molecule is CCc1ccc(N2CC(C(=O)N3CCC(C(=O)Nc4cc(C)on4)CC3)CC2=O)cc1. The number of nitrogens with zero attached hydrogens (tertiary/aromatic N) is 3. The lowest BCUT2D eigenvalue weighted by molar-refractivity contribution is -0.138. The number of rotatable bonds is 5. The van der Waals surface area contributed by atoms with E-state index in [0.717, 1.165) is 12.1 Å². The van der Waals surface area contributed by atoms with Gasteiger partial charge in [0.2, 0.25) is 17.7 Å². The van der Waals surface area contributed by atoms with Crippen molar-refractivity contribution in [3.63, 3.8) is 0 Å². The largest absolute Gasteiger partial charge is 0.360 e. The maximum atomic E-state index is 13.0. The molecule has 1 unspecified atom stereocenters. The number of nitrogens with one attached hydrogen (secondary N) is 1. The Labute approximate surface area is 181 Å². The van der Waals surface area contributed by atoms with E-state index in [1.54, 1.807) is 22.8 Å². The maximum Gasteiger partial charge on any atom is 0.228 e. The van der Waals surface area contributed by atoms with E-state index in [9.17, 15) is 14.4 Å². The van der Waals surface area contributed by atoms with E-state index in [1.807, 2.05) is 24.3 Å². The molecular formula is C23H28N4O4. The summed E-state index contributed by atoms with van der Waals surface area (Å²) >= 11 is 0. The lowest BCUT2D eigenvalue weighted by atomic mass is 9.94. The van der Waals surface area contributed by atoms with Crippen LogP contribution in [-0.2, 0) is 20.8 Å². The summed E-state index contributed by atoms with van der Waals surface area (Å²) in [7, 11) is 0. The summed E-state index contributed by atoms with van der Waals surface area (Å²) in [6.07, 6.45) is 2.37. The fourth-order valence-electron chi connectivity index (χ4n) is 4.31. The fourth-order valence-corrected chi connectivity index (χ4v) is 4.31. The van der Waals surface area contributed by atoms with Crippen molar-refractivity contribution in [1.29, 1.82) is 0 Å². The number of aryl methyl sites for hydroxylation is 2. The predicted molar refractivity (Wildman–Crippen MR) is 115 cm³/mol. The second-order valence-electron chi connectivity index (χ2n) is 8.34. The predicted octanol–water partition coefficient (Wildman–Crippen LogP) is 2.78. The molecule has 2 aliphatic rings. The zero-order chi connectivity index (χ0) is 22.0. The Morgan fingerprint density at radius 3 is 2.48 bits per heavy atom. The normalized spacial score (nSPS) is 19.7. The van der Waals surface area contributed by atoms with Crippen LogP contribution in [-0.4, -0.2) is 47.4 Å². The van der Waals surface area contributed by atoms with Gasteiger partial charge in [-0.1, -0.05) is 24.2 Å². The van der Waals surface area contributed by atoms with Gasteiger partial charge in [-0.15, -0.1) is 0 Å². The van der Waals surface area contributed by atoms with Crippen LogP contribution < -0.4 is 10.2 Å². The zero-order valence-electron chi connectivity index (χ0n) is 18.0. The van der Waals surface area contributed by atoms with Crippen molar-refractivity contribution in [1.82, 2.24) is 10.1 Å². The molecule has 1 atom stereocenters. The molecule has 164 valence electrons. The molecule has 1 aromatic heterocycles. The number of aromatic nitrogens is 1. The number of carbonyl (C=O) groups excluding carboxylic acids is 3. The van der Waals surface area contributed by atoms with Gasteiger partial charge in [-0.3, -0.25) is 14.4 Å². The Hall–Kier alpha value is -3.16. The molecule has 2 aliphatic heterocycles. The second kappa shape index (κ2) is 8.91. The summed E-state index contributed by atoms with van der Waals surface area (Å²) in [5, 5.41) is 6.56. The number of hydrogen-bond acceptors (Lipinski definition) is 5. The van der Waals surface area contributed by atoms with Crippen LogP contribution in [0.25, 0.3) is 0 Å². The number of hydrogen-bond donors (Lipinski definition) is 1. The van der Waals surface area contributed by atoms with E-state index in [0.29, 0.717) is 44.1 Å². The average molecular weight is 425 g/mol. The van der Waals surface area contributed by atoms with Crippen molar-refractivity contribution in [2.24, 2.45) is 11.8 Å². The lowest BCUT2D eigenvalue weighted by Crippen LogP contribution is -2.44. The monoisotopic (exact) mass is 424 g/mol. The van der Waals surface area contributed by atoms with E-state index in [-0.39, 0.29) is 36.0 Å². The molecular weight excluding hydrogens is 396 g/mol. The van der Waals surface area contributed by atoms with Crippen LogP contribution in [0, 0.1) is 18.8 Å². The molecule has 1 aromatic carbocycles. The molecule has 8 nitrogen and oxygen atoms in total. The van der Waals surface area contributed by atoms with Gasteiger partial charge in [0.15, 0.2) is 5.82 Å². The van der Waals surface area contributed by atoms with Crippen LogP contribution in [0.2, 0.25) is 0 Å². The van der Waals surface area contributed by atoms with Gasteiger partial charge in [0.25, 0.3) is 0 Å². The molecule has 0 saturated carbocycles. The molecule has 31 heavy (non-hydrogen) atoms. The Morgan fingerprint density at radius 2 is 1.87 bits per heavy atom. The highest BCUT2D eigenvalue weighted by Crippen LogP contribution is 2.28. The fraction of sp³-hybridized carbons (Fsp3) is 0.478. The molecule has 2 saturated heterocycles. The van der Waals surface area contributed by atoms with Crippen molar-refractivity contribution in [2.75, 3.05) is 29.9 Å². The summed E-state index contributed by atoms with van der Waals surface area (Å²) in [4.78, 5) is 41.5. The van der Waals surface area contributed by atoms with Gasteiger partial charge < -0.3 is 19.6 Å². The smallest absolute Gasteiger partial charge is 0.228 e. The number of carbonyl (C=O) groups is 3. The van der Waals surface area contributed by atoms with Gasteiger partial charge in [-0.05, 0) is 43.9 Å². The van der Waals surface area contributed by atoms with Crippen molar-refractivity contribution in [2.45, 2.75) is 39.5 Å².